The summed E-state index contributed by atoms with van der Waals surface area (Å²) in [5, 5.41) is 0.578. The number of esters is 1. The quantitative estimate of drug-likeness (QED) is 0.692. The van der Waals surface area contributed by atoms with E-state index < -0.39 is 17.6 Å². The second-order valence-corrected chi connectivity index (χ2v) is 7.17. The number of aromatic nitrogens is 1. The van der Waals surface area contributed by atoms with Gasteiger partial charge in [0.15, 0.2) is 0 Å². The van der Waals surface area contributed by atoms with E-state index in [0.29, 0.717) is 29.6 Å². The molecular weight excluding hydrogens is 368 g/mol. The van der Waals surface area contributed by atoms with Crippen LogP contribution in [0.1, 0.15) is 41.3 Å². The van der Waals surface area contributed by atoms with Crippen LogP contribution in [0.3, 0.4) is 0 Å². The average Bonchev–Trinajstić information content (AvgIpc) is 2.77. The fourth-order valence-electron chi connectivity index (χ4n) is 3.71. The number of hydrogen-bond acceptors (Lipinski definition) is 4. The zero-order valence-electron chi connectivity index (χ0n) is 16.0. The molecule has 0 radical (unpaired) electrons. The monoisotopic (exact) mass is 390 g/mol. The molecule has 3 aromatic rings. The van der Waals surface area contributed by atoms with E-state index in [1.165, 1.54) is 6.07 Å². The van der Waals surface area contributed by atoms with E-state index in [1.54, 1.807) is 41.3 Å². The minimum atomic E-state index is -1.04. The number of nitrogens with zero attached hydrogens (tertiary/aromatic N) is 1. The maximum Gasteiger partial charge on any atom is 0.340 e. The Morgan fingerprint density at radius 1 is 0.931 bits per heavy atom. The van der Waals surface area contributed by atoms with Crippen LogP contribution in [0.2, 0.25) is 0 Å². The molecule has 1 saturated heterocycles. The zero-order valence-corrected chi connectivity index (χ0v) is 16.0. The molecule has 6 heteroatoms. The Morgan fingerprint density at radius 2 is 1.62 bits per heavy atom. The minimum absolute atomic E-state index is 0.150. The summed E-state index contributed by atoms with van der Waals surface area (Å²) in [6, 6.07) is 17.3. The van der Waals surface area contributed by atoms with Crippen molar-refractivity contribution in [1.29, 1.82) is 0 Å². The number of piperidine rings is 1. The molecular formula is C23H22N2O4. The molecule has 0 bridgehead atoms. The normalized spacial score (nSPS) is 15.1. The number of para-hydroxylation sites is 1. The van der Waals surface area contributed by atoms with E-state index >= 15 is 0 Å². The summed E-state index contributed by atoms with van der Waals surface area (Å²) in [5.41, 5.74) is 0.919. The van der Waals surface area contributed by atoms with Crippen LogP contribution in [0.25, 0.3) is 10.9 Å². The van der Waals surface area contributed by atoms with E-state index in [9.17, 15) is 14.4 Å². The van der Waals surface area contributed by atoms with Crippen LogP contribution < -0.4 is 5.56 Å². The molecule has 1 amide bonds. The maximum atomic E-state index is 13.2. The Balaban J connectivity index is 1.68. The molecule has 2 aromatic carbocycles. The van der Waals surface area contributed by atoms with Crippen LogP contribution in [-0.2, 0) is 9.53 Å². The van der Waals surface area contributed by atoms with Crippen LogP contribution in [0.4, 0.5) is 0 Å². The van der Waals surface area contributed by atoms with Crippen molar-refractivity contribution in [2.75, 3.05) is 13.1 Å². The van der Waals surface area contributed by atoms with Crippen molar-refractivity contribution in [3.05, 3.63) is 82.1 Å². The van der Waals surface area contributed by atoms with E-state index in [1.807, 2.05) is 18.2 Å². The third-order valence-corrected chi connectivity index (χ3v) is 5.19. The highest BCUT2D eigenvalue weighted by atomic mass is 16.5. The lowest BCUT2D eigenvalue weighted by Gasteiger charge is -2.30. The molecule has 0 unspecified atom stereocenters. The summed E-state index contributed by atoms with van der Waals surface area (Å²) < 4.78 is 5.72. The Hall–Kier alpha value is -3.41. The number of H-pyrrole nitrogens is 1. The number of ether oxygens (including phenoxy) is 1. The molecule has 1 atom stereocenters. The topological polar surface area (TPSA) is 79.5 Å². The maximum absolute atomic E-state index is 13.2. The highest BCUT2D eigenvalue weighted by Crippen LogP contribution is 2.25. The van der Waals surface area contributed by atoms with Crippen LogP contribution in [0, 0.1) is 0 Å². The number of nitrogens with one attached hydrogen (secondary N) is 1. The van der Waals surface area contributed by atoms with Crippen molar-refractivity contribution in [3.63, 3.8) is 0 Å². The lowest BCUT2D eigenvalue weighted by atomic mass is 10.1. The summed E-state index contributed by atoms with van der Waals surface area (Å²) in [5.74, 6) is -0.912. The number of pyridine rings is 1. The highest BCUT2D eigenvalue weighted by molar-refractivity contribution is 6.04. The van der Waals surface area contributed by atoms with Crippen molar-refractivity contribution in [1.82, 2.24) is 9.88 Å². The van der Waals surface area contributed by atoms with Gasteiger partial charge in [-0.05, 0) is 25.3 Å². The molecule has 1 aliphatic heterocycles. The molecule has 6 nitrogen and oxygen atoms in total. The average molecular weight is 390 g/mol. The van der Waals surface area contributed by atoms with Crippen molar-refractivity contribution in [2.45, 2.75) is 25.4 Å². The van der Waals surface area contributed by atoms with Gasteiger partial charge in [0.1, 0.15) is 0 Å². The third-order valence-electron chi connectivity index (χ3n) is 5.19. The first kappa shape index (κ1) is 18.9. The van der Waals surface area contributed by atoms with Crippen molar-refractivity contribution in [2.24, 2.45) is 0 Å². The van der Waals surface area contributed by atoms with E-state index in [0.717, 1.165) is 19.3 Å². The lowest BCUT2D eigenvalue weighted by Crippen LogP contribution is -2.40. The number of carbonyl (C=O) groups is 2. The molecule has 1 aliphatic rings. The van der Waals surface area contributed by atoms with Gasteiger partial charge >= 0.3 is 5.97 Å². The van der Waals surface area contributed by atoms with Crippen LogP contribution >= 0.6 is 0 Å². The molecule has 0 spiro atoms. The lowest BCUT2D eigenvalue weighted by molar-refractivity contribution is -0.142. The Bertz CT molecular complexity index is 1080. The van der Waals surface area contributed by atoms with Crippen LogP contribution in [0.5, 0.6) is 0 Å². The summed E-state index contributed by atoms with van der Waals surface area (Å²) in [4.78, 5) is 42.7. The van der Waals surface area contributed by atoms with Crippen LogP contribution in [0.15, 0.2) is 65.5 Å². The summed E-state index contributed by atoms with van der Waals surface area (Å²) in [7, 11) is 0. The predicted octanol–water partition coefficient (Wildman–Crippen LogP) is 3.44. The number of amides is 1. The summed E-state index contributed by atoms with van der Waals surface area (Å²) in [6.07, 6.45) is 1.94. The van der Waals surface area contributed by atoms with Gasteiger partial charge in [-0.25, -0.2) is 4.79 Å². The number of aromatic amines is 1. The predicted molar refractivity (Wildman–Crippen MR) is 110 cm³/mol. The van der Waals surface area contributed by atoms with Crippen molar-refractivity contribution >= 4 is 22.8 Å². The molecule has 0 saturated carbocycles. The molecule has 0 aliphatic carbocycles. The Morgan fingerprint density at radius 3 is 2.38 bits per heavy atom. The first-order valence-electron chi connectivity index (χ1n) is 9.80. The number of fused-ring (bicyclic) bond motifs is 1. The van der Waals surface area contributed by atoms with E-state index in [-0.39, 0.29) is 11.5 Å². The molecule has 1 aromatic heterocycles. The number of benzene rings is 2. The van der Waals surface area contributed by atoms with Gasteiger partial charge in [-0.15, -0.1) is 0 Å². The standard InChI is InChI=1S/C23H22N2O4/c26-20-15-18(17-11-5-6-12-19(17)24-20)23(28)29-21(16-9-3-1-4-10-16)22(27)25-13-7-2-8-14-25/h1,3-6,9-12,15,21H,2,7-8,13-14H2,(H,24,26)/t21-/m1/s1. The number of rotatable bonds is 4. The van der Waals surface area contributed by atoms with E-state index in [2.05, 4.69) is 4.98 Å². The molecule has 29 heavy (non-hydrogen) atoms. The largest absolute Gasteiger partial charge is 0.444 e. The van der Waals surface area contributed by atoms with Crippen molar-refractivity contribution < 1.29 is 14.3 Å². The van der Waals surface area contributed by atoms with Crippen molar-refractivity contribution in [3.8, 4) is 0 Å². The highest BCUT2D eigenvalue weighted by Gasteiger charge is 2.31. The second-order valence-electron chi connectivity index (χ2n) is 7.17. The van der Waals surface area contributed by atoms with Crippen LogP contribution in [-0.4, -0.2) is 34.8 Å². The molecule has 148 valence electrons. The van der Waals surface area contributed by atoms with Gasteiger partial charge in [0.25, 0.3) is 5.91 Å². The number of hydrogen-bond donors (Lipinski definition) is 1. The second kappa shape index (κ2) is 8.31. The Labute approximate surface area is 168 Å². The first-order valence-corrected chi connectivity index (χ1v) is 9.80. The molecule has 2 heterocycles. The first-order chi connectivity index (χ1) is 14.1. The zero-order chi connectivity index (χ0) is 20.2. The summed E-state index contributed by atoms with van der Waals surface area (Å²) >= 11 is 0. The van der Waals surface area contributed by atoms with Gasteiger partial charge < -0.3 is 14.6 Å². The van der Waals surface area contributed by atoms with Gasteiger partial charge in [0.05, 0.1) is 5.56 Å². The summed E-state index contributed by atoms with van der Waals surface area (Å²) in [6.45, 7) is 1.32. The molecule has 4 rings (SSSR count). The van der Waals surface area contributed by atoms with Gasteiger partial charge in [-0.3, -0.25) is 9.59 Å². The van der Waals surface area contributed by atoms with Gasteiger partial charge in [-0.2, -0.15) is 0 Å². The number of likely N-dealkylation sites (tertiary alicyclic amines) is 1. The Kier molecular flexibility index (Phi) is 5.42. The third kappa shape index (κ3) is 4.06. The van der Waals surface area contributed by atoms with E-state index in [4.69, 9.17) is 4.74 Å². The molecule has 1 N–H and O–H groups in total. The van der Waals surface area contributed by atoms with Gasteiger partial charge in [-0.1, -0.05) is 48.5 Å². The smallest absolute Gasteiger partial charge is 0.340 e. The van der Waals surface area contributed by atoms with Gasteiger partial charge in [0, 0.05) is 35.6 Å². The SMILES string of the molecule is O=C(O[C@@H](C(=O)N1CCCCC1)c1ccccc1)c1cc(=O)[nH]c2ccccc12. The fraction of sp³-hybridized carbons (Fsp3) is 0.261. The van der Waals surface area contributed by atoms with Gasteiger partial charge in [0.2, 0.25) is 11.7 Å². The fourth-order valence-corrected chi connectivity index (χ4v) is 3.71. The number of carbonyl (C=O) groups excluding carboxylic acids is 2. The molecule has 1 fully saturated rings. The minimum Gasteiger partial charge on any atom is -0.444 e.